The zero-order chi connectivity index (χ0) is 15.7. The van der Waals surface area contributed by atoms with Gasteiger partial charge in [0.1, 0.15) is 18.1 Å². The highest BCUT2D eigenvalue weighted by atomic mass is 16.5. The zero-order valence-electron chi connectivity index (χ0n) is 12.1. The Bertz CT molecular complexity index is 790. The molecule has 0 unspecified atom stereocenters. The number of ketones is 2. The van der Waals surface area contributed by atoms with E-state index in [-0.39, 0.29) is 29.3 Å². The number of hydrogen-bond acceptors (Lipinski definition) is 4. The number of carbonyl (C=O) groups is 2. The van der Waals surface area contributed by atoms with Gasteiger partial charge in [0.15, 0.2) is 5.78 Å². The minimum atomic E-state index is -0.262. The first-order valence-corrected chi connectivity index (χ1v) is 6.82. The molecule has 0 fully saturated rings. The summed E-state index contributed by atoms with van der Waals surface area (Å²) in [6, 6.07) is 10.0. The molecule has 0 saturated carbocycles. The van der Waals surface area contributed by atoms with E-state index in [2.05, 4.69) is 6.58 Å². The molecule has 110 valence electrons. The smallest absolute Gasteiger partial charge is 0.201 e. The summed E-state index contributed by atoms with van der Waals surface area (Å²) in [4.78, 5) is 25.5. The SMILES string of the molecule is C=CCOc1cccc2c1C(=O)c1c(OC)cccc1C2=O. The van der Waals surface area contributed by atoms with Crippen molar-refractivity contribution in [3.8, 4) is 11.5 Å². The molecule has 0 atom stereocenters. The van der Waals surface area contributed by atoms with Crippen LogP contribution in [0.5, 0.6) is 11.5 Å². The molecule has 1 aliphatic carbocycles. The maximum absolute atomic E-state index is 12.9. The third-order valence-electron chi connectivity index (χ3n) is 3.57. The second-order valence-corrected chi connectivity index (χ2v) is 4.82. The predicted octanol–water partition coefficient (Wildman–Crippen LogP) is 3.04. The average Bonchev–Trinajstić information content (AvgIpc) is 2.56. The zero-order valence-corrected chi connectivity index (χ0v) is 12.1. The largest absolute Gasteiger partial charge is 0.496 e. The van der Waals surface area contributed by atoms with E-state index in [4.69, 9.17) is 9.47 Å². The molecule has 0 saturated heterocycles. The quantitative estimate of drug-likeness (QED) is 0.694. The van der Waals surface area contributed by atoms with E-state index < -0.39 is 0 Å². The molecule has 0 heterocycles. The Labute approximate surface area is 128 Å². The summed E-state index contributed by atoms with van der Waals surface area (Å²) in [6.07, 6.45) is 1.59. The molecule has 0 aromatic heterocycles. The van der Waals surface area contributed by atoms with Crippen molar-refractivity contribution in [3.63, 3.8) is 0 Å². The summed E-state index contributed by atoms with van der Waals surface area (Å²) in [6.45, 7) is 3.85. The summed E-state index contributed by atoms with van der Waals surface area (Å²) < 4.78 is 10.8. The average molecular weight is 294 g/mol. The van der Waals surface area contributed by atoms with Crippen molar-refractivity contribution in [2.24, 2.45) is 0 Å². The standard InChI is InChI=1S/C18H14O4/c1-3-10-22-14-9-5-7-12-16(14)18(20)15-11(17(12)19)6-4-8-13(15)21-2/h3-9H,1,10H2,2H3. The summed E-state index contributed by atoms with van der Waals surface area (Å²) in [5.41, 5.74) is 1.29. The van der Waals surface area contributed by atoms with Gasteiger partial charge < -0.3 is 9.47 Å². The highest BCUT2D eigenvalue weighted by molar-refractivity contribution is 6.30. The van der Waals surface area contributed by atoms with Crippen LogP contribution in [-0.4, -0.2) is 25.3 Å². The molecule has 0 N–H and O–H groups in total. The van der Waals surface area contributed by atoms with Crippen molar-refractivity contribution in [1.82, 2.24) is 0 Å². The van der Waals surface area contributed by atoms with Crippen LogP contribution in [0.1, 0.15) is 31.8 Å². The molecule has 4 nitrogen and oxygen atoms in total. The van der Waals surface area contributed by atoms with Crippen LogP contribution in [0.15, 0.2) is 49.1 Å². The Morgan fingerprint density at radius 1 is 0.955 bits per heavy atom. The van der Waals surface area contributed by atoms with Crippen LogP contribution >= 0.6 is 0 Å². The Hall–Kier alpha value is -2.88. The number of rotatable bonds is 4. The highest BCUT2D eigenvalue weighted by Gasteiger charge is 2.34. The van der Waals surface area contributed by atoms with Gasteiger partial charge in [-0.1, -0.05) is 36.9 Å². The number of hydrogen-bond donors (Lipinski definition) is 0. The van der Waals surface area contributed by atoms with Crippen molar-refractivity contribution in [2.75, 3.05) is 13.7 Å². The third kappa shape index (κ3) is 2.00. The minimum Gasteiger partial charge on any atom is -0.496 e. The van der Waals surface area contributed by atoms with Crippen LogP contribution < -0.4 is 9.47 Å². The molecule has 1 aliphatic rings. The molecule has 4 heteroatoms. The lowest BCUT2D eigenvalue weighted by Crippen LogP contribution is -2.22. The first-order chi connectivity index (χ1) is 10.7. The molecule has 2 aromatic rings. The first kappa shape index (κ1) is 14.1. The van der Waals surface area contributed by atoms with Gasteiger partial charge in [-0.2, -0.15) is 0 Å². The summed E-state index contributed by atoms with van der Waals surface area (Å²) >= 11 is 0. The number of ether oxygens (including phenoxy) is 2. The van der Waals surface area contributed by atoms with Gasteiger partial charge in [0.25, 0.3) is 0 Å². The minimum absolute atomic E-state index is 0.201. The summed E-state index contributed by atoms with van der Waals surface area (Å²) in [5.74, 6) is 0.307. The first-order valence-electron chi connectivity index (χ1n) is 6.82. The van der Waals surface area contributed by atoms with E-state index >= 15 is 0 Å². The highest BCUT2D eigenvalue weighted by Crippen LogP contribution is 2.37. The van der Waals surface area contributed by atoms with Crippen LogP contribution in [0.3, 0.4) is 0 Å². The van der Waals surface area contributed by atoms with Gasteiger partial charge in [0.2, 0.25) is 5.78 Å². The fourth-order valence-electron chi connectivity index (χ4n) is 2.62. The van der Waals surface area contributed by atoms with Gasteiger partial charge in [-0.25, -0.2) is 0 Å². The van der Waals surface area contributed by atoms with Crippen molar-refractivity contribution in [3.05, 3.63) is 71.3 Å². The Kier molecular flexibility index (Phi) is 3.51. The molecular weight excluding hydrogens is 280 g/mol. The van der Waals surface area contributed by atoms with Crippen molar-refractivity contribution >= 4 is 11.6 Å². The van der Waals surface area contributed by atoms with E-state index in [1.807, 2.05) is 0 Å². The van der Waals surface area contributed by atoms with Gasteiger partial charge in [0.05, 0.1) is 18.2 Å². The molecule has 2 aromatic carbocycles. The number of benzene rings is 2. The van der Waals surface area contributed by atoms with E-state index in [1.165, 1.54) is 7.11 Å². The molecule has 0 bridgehead atoms. The van der Waals surface area contributed by atoms with E-state index in [1.54, 1.807) is 42.5 Å². The van der Waals surface area contributed by atoms with Gasteiger partial charge in [-0.15, -0.1) is 0 Å². The Balaban J connectivity index is 2.23. The van der Waals surface area contributed by atoms with Crippen LogP contribution in [0.4, 0.5) is 0 Å². The van der Waals surface area contributed by atoms with E-state index in [9.17, 15) is 9.59 Å². The van der Waals surface area contributed by atoms with Crippen LogP contribution in [0.2, 0.25) is 0 Å². The number of methoxy groups -OCH3 is 1. The van der Waals surface area contributed by atoms with E-state index in [0.29, 0.717) is 22.6 Å². The molecular formula is C18H14O4. The van der Waals surface area contributed by atoms with E-state index in [0.717, 1.165) is 0 Å². The van der Waals surface area contributed by atoms with Gasteiger partial charge in [-0.3, -0.25) is 9.59 Å². The molecule has 0 amide bonds. The van der Waals surface area contributed by atoms with Gasteiger partial charge in [0, 0.05) is 11.1 Å². The Morgan fingerprint density at radius 2 is 1.55 bits per heavy atom. The monoisotopic (exact) mass is 294 g/mol. The lowest BCUT2D eigenvalue weighted by atomic mass is 9.83. The number of fused-ring (bicyclic) bond motifs is 2. The van der Waals surface area contributed by atoms with Crippen molar-refractivity contribution < 1.29 is 19.1 Å². The van der Waals surface area contributed by atoms with Crippen LogP contribution in [0, 0.1) is 0 Å². The predicted molar refractivity (Wildman–Crippen MR) is 82.0 cm³/mol. The molecule has 3 rings (SSSR count). The lowest BCUT2D eigenvalue weighted by Gasteiger charge is -2.21. The van der Waals surface area contributed by atoms with Crippen molar-refractivity contribution in [2.45, 2.75) is 0 Å². The molecule has 0 aliphatic heterocycles. The normalized spacial score (nSPS) is 12.4. The molecule has 22 heavy (non-hydrogen) atoms. The molecule has 0 radical (unpaired) electrons. The fourth-order valence-corrected chi connectivity index (χ4v) is 2.62. The third-order valence-corrected chi connectivity index (χ3v) is 3.57. The summed E-state index contributed by atoms with van der Waals surface area (Å²) in [7, 11) is 1.48. The lowest BCUT2D eigenvalue weighted by molar-refractivity contribution is 0.0973. The topological polar surface area (TPSA) is 52.6 Å². The maximum Gasteiger partial charge on any atom is 0.201 e. The van der Waals surface area contributed by atoms with Gasteiger partial charge in [-0.05, 0) is 12.1 Å². The number of carbonyl (C=O) groups excluding carboxylic acids is 2. The van der Waals surface area contributed by atoms with Crippen LogP contribution in [0.25, 0.3) is 0 Å². The Morgan fingerprint density at radius 3 is 2.14 bits per heavy atom. The maximum atomic E-state index is 12.9. The molecule has 0 spiro atoms. The second kappa shape index (κ2) is 5.48. The van der Waals surface area contributed by atoms with Crippen molar-refractivity contribution in [1.29, 1.82) is 0 Å². The van der Waals surface area contributed by atoms with Crippen LogP contribution in [-0.2, 0) is 0 Å². The summed E-state index contributed by atoms with van der Waals surface area (Å²) in [5, 5.41) is 0. The fraction of sp³-hybridized carbons (Fsp3) is 0.111. The second-order valence-electron chi connectivity index (χ2n) is 4.82. The van der Waals surface area contributed by atoms with Gasteiger partial charge >= 0.3 is 0 Å².